The van der Waals surface area contributed by atoms with E-state index < -0.39 is 0 Å². The van der Waals surface area contributed by atoms with Crippen molar-refractivity contribution in [1.29, 1.82) is 0 Å². The Morgan fingerprint density at radius 1 is 1.23 bits per heavy atom. The van der Waals surface area contributed by atoms with Gasteiger partial charge in [-0.2, -0.15) is 0 Å². The molecule has 0 radical (unpaired) electrons. The van der Waals surface area contributed by atoms with Gasteiger partial charge in [0.2, 0.25) is 5.78 Å². The second-order valence-corrected chi connectivity index (χ2v) is 6.23. The molecular formula is C16H18N4OS. The van der Waals surface area contributed by atoms with Gasteiger partial charge in [0.05, 0.1) is 0 Å². The molecular weight excluding hydrogens is 296 g/mol. The van der Waals surface area contributed by atoms with E-state index in [0.29, 0.717) is 5.78 Å². The molecule has 2 aromatic heterocycles. The lowest BCUT2D eigenvalue weighted by Crippen LogP contribution is -2.11. The molecule has 1 N–H and O–H groups in total. The smallest absolute Gasteiger partial charge is 0.252 e. The highest BCUT2D eigenvalue weighted by Gasteiger charge is 2.11. The normalized spacial score (nSPS) is 11.2. The summed E-state index contributed by atoms with van der Waals surface area (Å²) in [6.07, 6.45) is 1.80. The summed E-state index contributed by atoms with van der Waals surface area (Å²) in [7, 11) is 0. The molecule has 2 heterocycles. The Morgan fingerprint density at radius 2 is 2.00 bits per heavy atom. The van der Waals surface area contributed by atoms with Crippen molar-refractivity contribution >= 4 is 17.5 Å². The fourth-order valence-electron chi connectivity index (χ4n) is 2.34. The van der Waals surface area contributed by atoms with Crippen LogP contribution in [0.4, 0.5) is 0 Å². The van der Waals surface area contributed by atoms with Gasteiger partial charge in [0.15, 0.2) is 5.16 Å². The summed E-state index contributed by atoms with van der Waals surface area (Å²) in [4.78, 5) is 14.4. The molecule has 114 valence electrons. The van der Waals surface area contributed by atoms with E-state index in [0.717, 1.165) is 29.4 Å². The molecule has 22 heavy (non-hydrogen) atoms. The van der Waals surface area contributed by atoms with Crippen molar-refractivity contribution in [2.24, 2.45) is 0 Å². The van der Waals surface area contributed by atoms with Crippen LogP contribution in [0.25, 0.3) is 5.78 Å². The van der Waals surface area contributed by atoms with E-state index in [1.807, 2.05) is 4.40 Å². The quantitative estimate of drug-likeness (QED) is 0.735. The Morgan fingerprint density at radius 3 is 2.73 bits per heavy atom. The first kappa shape index (κ1) is 14.8. The minimum Gasteiger partial charge on any atom is -0.291 e. The molecule has 3 rings (SSSR count). The molecule has 0 saturated carbocycles. The predicted molar refractivity (Wildman–Crippen MR) is 88.3 cm³/mol. The van der Waals surface area contributed by atoms with Crippen LogP contribution in [0.5, 0.6) is 0 Å². The molecule has 0 fully saturated rings. The van der Waals surface area contributed by atoms with Crippen molar-refractivity contribution in [2.75, 3.05) is 0 Å². The number of rotatable bonds is 5. The second kappa shape index (κ2) is 6.36. The van der Waals surface area contributed by atoms with Gasteiger partial charge in [-0.05, 0) is 18.9 Å². The largest absolute Gasteiger partial charge is 0.291 e. The van der Waals surface area contributed by atoms with E-state index in [-0.39, 0.29) is 5.56 Å². The number of hydrogen-bond donors (Lipinski definition) is 1. The molecule has 6 heteroatoms. The first-order valence-electron chi connectivity index (χ1n) is 7.33. The van der Waals surface area contributed by atoms with Crippen LogP contribution in [0.2, 0.25) is 0 Å². The van der Waals surface area contributed by atoms with Crippen LogP contribution in [-0.2, 0) is 12.2 Å². The van der Waals surface area contributed by atoms with Crippen molar-refractivity contribution in [3.8, 4) is 0 Å². The third-order valence-electron chi connectivity index (χ3n) is 3.45. The Balaban J connectivity index is 1.90. The lowest BCUT2D eigenvalue weighted by molar-refractivity contribution is 0.800. The lowest BCUT2D eigenvalue weighted by atomic mass is 10.2. The van der Waals surface area contributed by atoms with E-state index in [9.17, 15) is 4.79 Å². The van der Waals surface area contributed by atoms with Gasteiger partial charge in [0, 0.05) is 17.5 Å². The SMILES string of the molecule is CCCc1cc(=O)[nH]c2nnc(SCc3ccc(C)cc3)n12. The highest BCUT2D eigenvalue weighted by atomic mass is 32.2. The van der Waals surface area contributed by atoms with E-state index in [2.05, 4.69) is 53.3 Å². The molecule has 0 bridgehead atoms. The van der Waals surface area contributed by atoms with E-state index >= 15 is 0 Å². The summed E-state index contributed by atoms with van der Waals surface area (Å²) in [6, 6.07) is 10.1. The van der Waals surface area contributed by atoms with Gasteiger partial charge in [-0.25, -0.2) is 0 Å². The number of thioether (sulfide) groups is 1. The average molecular weight is 314 g/mol. The summed E-state index contributed by atoms with van der Waals surface area (Å²) >= 11 is 1.63. The number of aryl methyl sites for hydroxylation is 2. The maximum Gasteiger partial charge on any atom is 0.252 e. The molecule has 5 nitrogen and oxygen atoms in total. The maximum absolute atomic E-state index is 11.7. The minimum atomic E-state index is -0.126. The number of H-pyrrole nitrogens is 1. The van der Waals surface area contributed by atoms with Crippen LogP contribution in [0.15, 0.2) is 40.3 Å². The fourth-order valence-corrected chi connectivity index (χ4v) is 3.26. The zero-order chi connectivity index (χ0) is 15.5. The van der Waals surface area contributed by atoms with E-state index in [1.165, 1.54) is 11.1 Å². The molecule has 0 unspecified atom stereocenters. The molecule has 0 atom stereocenters. The molecule has 1 aromatic carbocycles. The van der Waals surface area contributed by atoms with Gasteiger partial charge >= 0.3 is 0 Å². The lowest BCUT2D eigenvalue weighted by Gasteiger charge is -2.06. The Labute approximate surface area is 132 Å². The maximum atomic E-state index is 11.7. The number of nitrogens with one attached hydrogen (secondary N) is 1. The number of nitrogens with zero attached hydrogens (tertiary/aromatic N) is 3. The first-order chi connectivity index (χ1) is 10.7. The Kier molecular flexibility index (Phi) is 4.29. The topological polar surface area (TPSA) is 63.0 Å². The Bertz CT molecular complexity index is 835. The standard InChI is InChI=1S/C16H18N4OS/c1-3-4-13-9-14(21)17-15-18-19-16(20(13)15)22-10-12-7-5-11(2)6-8-12/h5-9H,3-4,10H2,1-2H3,(H,17,18,21). The highest BCUT2D eigenvalue weighted by Crippen LogP contribution is 2.22. The predicted octanol–water partition coefficient (Wildman–Crippen LogP) is 2.97. The highest BCUT2D eigenvalue weighted by molar-refractivity contribution is 7.98. The number of fused-ring (bicyclic) bond motifs is 1. The van der Waals surface area contributed by atoms with Crippen molar-refractivity contribution in [1.82, 2.24) is 19.6 Å². The molecule has 3 aromatic rings. The van der Waals surface area contributed by atoms with E-state index in [4.69, 9.17) is 0 Å². The monoisotopic (exact) mass is 314 g/mol. The summed E-state index contributed by atoms with van der Waals surface area (Å²) in [5, 5.41) is 9.12. The molecule has 0 spiro atoms. The van der Waals surface area contributed by atoms with Gasteiger partial charge in [0.1, 0.15) is 0 Å². The van der Waals surface area contributed by atoms with Crippen LogP contribution in [-0.4, -0.2) is 19.6 Å². The van der Waals surface area contributed by atoms with Gasteiger partial charge in [-0.1, -0.05) is 54.9 Å². The Hall–Kier alpha value is -2.08. The van der Waals surface area contributed by atoms with Gasteiger partial charge in [0.25, 0.3) is 5.56 Å². The van der Waals surface area contributed by atoms with Crippen LogP contribution >= 0.6 is 11.8 Å². The number of aromatic amines is 1. The van der Waals surface area contributed by atoms with Crippen LogP contribution in [0.3, 0.4) is 0 Å². The zero-order valence-corrected chi connectivity index (χ0v) is 13.5. The zero-order valence-electron chi connectivity index (χ0n) is 12.7. The van der Waals surface area contributed by atoms with Gasteiger partial charge < -0.3 is 0 Å². The number of hydrogen-bond acceptors (Lipinski definition) is 4. The second-order valence-electron chi connectivity index (χ2n) is 5.29. The third kappa shape index (κ3) is 3.06. The number of aromatic nitrogens is 4. The molecule has 0 aliphatic carbocycles. The van der Waals surface area contributed by atoms with Gasteiger partial charge in [-0.3, -0.25) is 14.2 Å². The molecule has 0 amide bonds. The molecule has 0 aliphatic rings. The fraction of sp³-hybridized carbons (Fsp3) is 0.312. The molecule has 0 aliphatic heterocycles. The average Bonchev–Trinajstić information content (AvgIpc) is 2.90. The van der Waals surface area contributed by atoms with Gasteiger partial charge in [-0.15, -0.1) is 10.2 Å². The van der Waals surface area contributed by atoms with Crippen molar-refractivity contribution in [3.63, 3.8) is 0 Å². The summed E-state index contributed by atoms with van der Waals surface area (Å²) in [6.45, 7) is 4.17. The summed E-state index contributed by atoms with van der Waals surface area (Å²) in [5.41, 5.74) is 3.33. The van der Waals surface area contributed by atoms with Crippen molar-refractivity contribution in [3.05, 3.63) is 57.5 Å². The van der Waals surface area contributed by atoms with Crippen LogP contribution in [0, 0.1) is 6.92 Å². The molecule has 0 saturated heterocycles. The number of benzene rings is 1. The minimum absolute atomic E-state index is 0.126. The van der Waals surface area contributed by atoms with Crippen molar-refractivity contribution in [2.45, 2.75) is 37.6 Å². The van der Waals surface area contributed by atoms with E-state index in [1.54, 1.807) is 17.8 Å². The van der Waals surface area contributed by atoms with Crippen LogP contribution in [0.1, 0.15) is 30.2 Å². The van der Waals surface area contributed by atoms with Crippen molar-refractivity contribution < 1.29 is 0 Å². The third-order valence-corrected chi connectivity index (χ3v) is 4.45. The summed E-state index contributed by atoms with van der Waals surface area (Å²) in [5.74, 6) is 1.34. The van der Waals surface area contributed by atoms with Crippen LogP contribution < -0.4 is 5.56 Å². The first-order valence-corrected chi connectivity index (χ1v) is 8.31. The summed E-state index contributed by atoms with van der Waals surface area (Å²) < 4.78 is 1.95.